The van der Waals surface area contributed by atoms with Gasteiger partial charge in [-0.25, -0.2) is 13.8 Å². The van der Waals surface area contributed by atoms with Gasteiger partial charge in [-0.1, -0.05) is 23.7 Å². The largest absolute Gasteiger partial charge is 0.495 e. The molecule has 0 atom stereocenters. The van der Waals surface area contributed by atoms with Crippen LogP contribution in [0.3, 0.4) is 0 Å². The van der Waals surface area contributed by atoms with Crippen LogP contribution in [0.1, 0.15) is 28.7 Å². The van der Waals surface area contributed by atoms with Gasteiger partial charge >= 0.3 is 0 Å². The van der Waals surface area contributed by atoms with E-state index in [0.717, 1.165) is 25.2 Å². The van der Waals surface area contributed by atoms with Crippen LogP contribution in [0.5, 0.6) is 5.75 Å². The summed E-state index contributed by atoms with van der Waals surface area (Å²) < 4.78 is 32.5. The molecular formula is C24H24ClF2N5O. The summed E-state index contributed by atoms with van der Waals surface area (Å²) >= 11 is 6.44. The lowest BCUT2D eigenvalue weighted by molar-refractivity contribution is 0.150. The normalized spacial score (nSPS) is 15.5. The van der Waals surface area contributed by atoms with Gasteiger partial charge in [0.25, 0.3) is 6.43 Å². The van der Waals surface area contributed by atoms with Gasteiger partial charge in [0.05, 0.1) is 19.0 Å². The third-order valence-electron chi connectivity index (χ3n) is 6.25. The van der Waals surface area contributed by atoms with E-state index < -0.39 is 6.43 Å². The van der Waals surface area contributed by atoms with Crippen LogP contribution in [0.25, 0.3) is 0 Å². The monoisotopic (exact) mass is 471 g/mol. The van der Waals surface area contributed by atoms with Crippen molar-refractivity contribution in [1.29, 1.82) is 0 Å². The summed E-state index contributed by atoms with van der Waals surface area (Å²) in [5.74, 6) is 1.55. The van der Waals surface area contributed by atoms with E-state index in [1.165, 1.54) is 23.4 Å². The van der Waals surface area contributed by atoms with Crippen LogP contribution >= 0.6 is 11.6 Å². The number of halogens is 3. The second-order valence-corrected chi connectivity index (χ2v) is 8.75. The third kappa shape index (κ3) is 4.09. The Kier molecular flexibility index (Phi) is 5.80. The number of nitrogens with zero attached hydrogens (tertiary/aromatic N) is 4. The molecule has 2 aliphatic heterocycles. The van der Waals surface area contributed by atoms with Gasteiger partial charge in [-0.3, -0.25) is 0 Å². The Balaban J connectivity index is 1.48. The SMILES string of the molecule is COc1cc2c(cc1Nc1ncc(Cl)c(N3CCc4c(C(F)F)cccc43)n1)CN(C)CC2. The van der Waals surface area contributed by atoms with E-state index in [0.29, 0.717) is 46.8 Å². The summed E-state index contributed by atoms with van der Waals surface area (Å²) in [4.78, 5) is 13.1. The number of nitrogens with one attached hydrogen (secondary N) is 1. The lowest BCUT2D eigenvalue weighted by Gasteiger charge is -2.26. The number of aromatic nitrogens is 2. The maximum absolute atomic E-state index is 13.5. The average Bonchev–Trinajstić information content (AvgIpc) is 3.23. The fraction of sp³-hybridized carbons (Fsp3) is 0.333. The Morgan fingerprint density at radius 1 is 1.15 bits per heavy atom. The van der Waals surface area contributed by atoms with Gasteiger partial charge in [-0.2, -0.15) is 4.98 Å². The molecule has 0 amide bonds. The molecular weight excluding hydrogens is 448 g/mol. The standard InChI is InChI=1S/C24H24ClF2N5O/c1-31-8-6-14-11-21(33-2)19(10-15(14)13-31)29-24-28-12-18(25)23(30-24)32-9-7-16-17(22(26)27)4-3-5-20(16)32/h3-5,10-12,22H,6-9,13H2,1-2H3,(H,28,29,30). The molecule has 2 aromatic carbocycles. The summed E-state index contributed by atoms with van der Waals surface area (Å²) in [6, 6.07) is 9.07. The van der Waals surface area contributed by atoms with E-state index >= 15 is 0 Å². The second kappa shape index (κ2) is 8.76. The molecule has 0 fully saturated rings. The Labute approximate surface area is 196 Å². The number of methoxy groups -OCH3 is 1. The van der Waals surface area contributed by atoms with Crippen molar-refractivity contribution in [3.63, 3.8) is 0 Å². The van der Waals surface area contributed by atoms with E-state index in [2.05, 4.69) is 39.4 Å². The van der Waals surface area contributed by atoms with Gasteiger partial charge in [0, 0.05) is 30.9 Å². The van der Waals surface area contributed by atoms with Gasteiger partial charge in [0.2, 0.25) is 5.95 Å². The first-order valence-electron chi connectivity index (χ1n) is 10.8. The lowest BCUT2D eigenvalue weighted by atomic mass is 9.99. The van der Waals surface area contributed by atoms with E-state index in [1.54, 1.807) is 13.2 Å². The number of likely N-dealkylation sites (N-methyl/N-ethyl adjacent to an activating group) is 1. The molecule has 1 N–H and O–H groups in total. The number of anilines is 4. The second-order valence-electron chi connectivity index (χ2n) is 8.35. The first kappa shape index (κ1) is 21.9. The van der Waals surface area contributed by atoms with Crippen molar-refractivity contribution < 1.29 is 13.5 Å². The fourth-order valence-corrected chi connectivity index (χ4v) is 4.80. The smallest absolute Gasteiger partial charge is 0.264 e. The summed E-state index contributed by atoms with van der Waals surface area (Å²) in [5, 5.41) is 3.62. The predicted octanol–water partition coefficient (Wildman–Crippen LogP) is 5.50. The van der Waals surface area contributed by atoms with Crippen LogP contribution in [0.15, 0.2) is 36.5 Å². The molecule has 3 aromatic rings. The van der Waals surface area contributed by atoms with Crippen molar-refractivity contribution >= 4 is 34.7 Å². The Hall–Kier alpha value is -2.97. The highest BCUT2D eigenvalue weighted by Gasteiger charge is 2.28. The highest BCUT2D eigenvalue weighted by Crippen LogP contribution is 2.41. The number of alkyl halides is 2. The zero-order valence-electron chi connectivity index (χ0n) is 18.4. The summed E-state index contributed by atoms with van der Waals surface area (Å²) in [6.45, 7) is 2.39. The van der Waals surface area contributed by atoms with Crippen molar-refractivity contribution in [2.24, 2.45) is 0 Å². The maximum atomic E-state index is 13.5. The van der Waals surface area contributed by atoms with Crippen molar-refractivity contribution in [2.75, 3.05) is 37.5 Å². The number of hydrogen-bond donors (Lipinski definition) is 1. The summed E-state index contributed by atoms with van der Waals surface area (Å²) in [6.07, 6.45) is 0.484. The number of benzene rings is 2. The minimum Gasteiger partial charge on any atom is -0.495 e. The van der Waals surface area contributed by atoms with Crippen molar-refractivity contribution in [3.05, 3.63) is 63.8 Å². The molecule has 1 aromatic heterocycles. The van der Waals surface area contributed by atoms with Crippen LogP contribution in [0.2, 0.25) is 5.02 Å². The first-order valence-corrected chi connectivity index (χ1v) is 11.2. The zero-order chi connectivity index (χ0) is 23.1. The molecule has 0 aliphatic carbocycles. The third-order valence-corrected chi connectivity index (χ3v) is 6.52. The zero-order valence-corrected chi connectivity index (χ0v) is 19.2. The van der Waals surface area contributed by atoms with E-state index in [9.17, 15) is 8.78 Å². The Morgan fingerprint density at radius 2 is 2.00 bits per heavy atom. The molecule has 172 valence electrons. The molecule has 3 heterocycles. The summed E-state index contributed by atoms with van der Waals surface area (Å²) in [5.41, 5.74) is 4.67. The topological polar surface area (TPSA) is 53.5 Å². The van der Waals surface area contributed by atoms with Crippen LogP contribution in [0.4, 0.5) is 31.9 Å². The highest BCUT2D eigenvalue weighted by atomic mass is 35.5. The quantitative estimate of drug-likeness (QED) is 0.530. The molecule has 0 unspecified atom stereocenters. The van der Waals surface area contributed by atoms with Crippen molar-refractivity contribution in [1.82, 2.24) is 14.9 Å². The number of ether oxygens (including phenoxy) is 1. The van der Waals surface area contributed by atoms with Crippen LogP contribution < -0.4 is 15.0 Å². The predicted molar refractivity (Wildman–Crippen MR) is 125 cm³/mol. The van der Waals surface area contributed by atoms with E-state index in [1.807, 2.05) is 11.0 Å². The van der Waals surface area contributed by atoms with Crippen LogP contribution in [0, 0.1) is 0 Å². The molecule has 5 rings (SSSR count). The lowest BCUT2D eigenvalue weighted by Crippen LogP contribution is -2.26. The maximum Gasteiger partial charge on any atom is 0.264 e. The molecule has 9 heteroatoms. The molecule has 6 nitrogen and oxygen atoms in total. The minimum atomic E-state index is -2.52. The molecule has 0 bridgehead atoms. The van der Waals surface area contributed by atoms with Gasteiger partial charge < -0.3 is 19.9 Å². The Bertz CT molecular complexity index is 1210. The first-order chi connectivity index (χ1) is 15.9. The number of rotatable bonds is 5. The van der Waals surface area contributed by atoms with Gasteiger partial charge in [0.1, 0.15) is 10.8 Å². The highest BCUT2D eigenvalue weighted by molar-refractivity contribution is 6.33. The molecule has 33 heavy (non-hydrogen) atoms. The number of hydrogen-bond acceptors (Lipinski definition) is 6. The average molecular weight is 472 g/mol. The van der Waals surface area contributed by atoms with E-state index in [-0.39, 0.29) is 5.56 Å². The van der Waals surface area contributed by atoms with Crippen LogP contribution in [-0.4, -0.2) is 42.1 Å². The summed E-state index contributed by atoms with van der Waals surface area (Å²) in [7, 11) is 3.74. The molecule has 2 aliphatic rings. The van der Waals surface area contributed by atoms with Gasteiger partial charge in [-0.15, -0.1) is 0 Å². The van der Waals surface area contributed by atoms with Crippen LogP contribution in [-0.2, 0) is 19.4 Å². The molecule has 0 radical (unpaired) electrons. The number of fused-ring (bicyclic) bond motifs is 2. The van der Waals surface area contributed by atoms with Crippen molar-refractivity contribution in [3.8, 4) is 5.75 Å². The molecule has 0 saturated heterocycles. The molecule has 0 saturated carbocycles. The fourth-order valence-electron chi connectivity index (χ4n) is 4.61. The van der Waals surface area contributed by atoms with E-state index in [4.69, 9.17) is 16.3 Å². The minimum absolute atomic E-state index is 0.0577. The van der Waals surface area contributed by atoms with Crippen molar-refractivity contribution in [2.45, 2.75) is 25.8 Å². The Morgan fingerprint density at radius 3 is 2.79 bits per heavy atom. The van der Waals surface area contributed by atoms with Gasteiger partial charge in [0.15, 0.2) is 5.82 Å². The van der Waals surface area contributed by atoms with Gasteiger partial charge in [-0.05, 0) is 54.8 Å². The molecule has 0 spiro atoms.